The summed E-state index contributed by atoms with van der Waals surface area (Å²) in [6, 6.07) is 4.77. The molecule has 1 aliphatic heterocycles. The van der Waals surface area contributed by atoms with Crippen LogP contribution in [0.1, 0.15) is 22.5 Å². The largest absolute Gasteiger partial charge is 0.307 e. The summed E-state index contributed by atoms with van der Waals surface area (Å²) in [5, 5.41) is 14.1. The molecular formula is C14H14N4O2. The highest BCUT2D eigenvalue weighted by molar-refractivity contribution is 5.64. The summed E-state index contributed by atoms with van der Waals surface area (Å²) in [7, 11) is 0. The topological polar surface area (TPSA) is 81.0 Å². The van der Waals surface area contributed by atoms with Crippen molar-refractivity contribution in [2.75, 3.05) is 0 Å². The molecule has 0 fully saturated rings. The Labute approximate surface area is 116 Å². The average Bonchev–Trinajstić information content (AvgIpc) is 2.87. The number of hydrogen-bond acceptors (Lipinski definition) is 5. The van der Waals surface area contributed by atoms with Gasteiger partial charge < -0.3 is 5.32 Å². The summed E-state index contributed by atoms with van der Waals surface area (Å²) in [4.78, 5) is 19.6. The van der Waals surface area contributed by atoms with Crippen LogP contribution < -0.4 is 5.32 Å². The molecule has 1 aromatic heterocycles. The van der Waals surface area contributed by atoms with Crippen LogP contribution in [0.2, 0.25) is 0 Å². The molecular weight excluding hydrogens is 256 g/mol. The Morgan fingerprint density at radius 2 is 2.05 bits per heavy atom. The molecule has 1 N–H and O–H groups in total. The highest BCUT2D eigenvalue weighted by atomic mass is 16.6. The van der Waals surface area contributed by atoms with Crippen LogP contribution >= 0.6 is 0 Å². The molecule has 0 saturated heterocycles. The predicted molar refractivity (Wildman–Crippen MR) is 74.1 cm³/mol. The van der Waals surface area contributed by atoms with Crippen LogP contribution in [0.3, 0.4) is 0 Å². The summed E-state index contributed by atoms with van der Waals surface area (Å²) in [5.41, 5.74) is 4.76. The second kappa shape index (κ2) is 4.64. The van der Waals surface area contributed by atoms with Crippen molar-refractivity contribution >= 4 is 5.69 Å². The lowest BCUT2D eigenvalue weighted by Crippen LogP contribution is -2.01. The maximum atomic E-state index is 10.9. The monoisotopic (exact) mass is 270 g/mol. The number of hydrogen-bond donors (Lipinski definition) is 1. The van der Waals surface area contributed by atoms with E-state index in [9.17, 15) is 10.1 Å². The lowest BCUT2D eigenvalue weighted by atomic mass is 10.1. The van der Waals surface area contributed by atoms with Crippen LogP contribution in [0, 0.1) is 24.0 Å². The molecule has 3 rings (SSSR count). The Morgan fingerprint density at radius 1 is 1.25 bits per heavy atom. The Kier molecular flexibility index (Phi) is 2.94. The number of non-ortho nitro benzene ring substituents is 1. The van der Waals surface area contributed by atoms with Gasteiger partial charge in [-0.1, -0.05) is 6.07 Å². The van der Waals surface area contributed by atoms with Crippen molar-refractivity contribution in [3.05, 3.63) is 50.8 Å². The van der Waals surface area contributed by atoms with Crippen LogP contribution in [-0.2, 0) is 13.1 Å². The molecule has 102 valence electrons. The first-order valence-corrected chi connectivity index (χ1v) is 6.39. The Bertz CT molecular complexity index is 713. The third-order valence-corrected chi connectivity index (χ3v) is 3.57. The van der Waals surface area contributed by atoms with Crippen molar-refractivity contribution in [1.29, 1.82) is 0 Å². The van der Waals surface area contributed by atoms with Gasteiger partial charge >= 0.3 is 0 Å². The first kappa shape index (κ1) is 12.7. The quantitative estimate of drug-likeness (QED) is 0.668. The number of nitrogens with one attached hydrogen (secondary N) is 1. The molecule has 6 nitrogen and oxygen atoms in total. The molecule has 2 heterocycles. The molecule has 1 aromatic carbocycles. The molecule has 0 spiro atoms. The van der Waals surface area contributed by atoms with Gasteiger partial charge in [-0.25, -0.2) is 9.97 Å². The van der Waals surface area contributed by atoms with Gasteiger partial charge in [0.2, 0.25) is 0 Å². The SMILES string of the molecule is Cc1ccc([N+](=O)[O-])cc1-c1nc(C)c2c(n1)CNC2. The maximum Gasteiger partial charge on any atom is 0.270 e. The second-order valence-corrected chi connectivity index (χ2v) is 4.92. The number of benzene rings is 1. The molecule has 0 unspecified atom stereocenters. The van der Waals surface area contributed by atoms with Crippen LogP contribution in [0.15, 0.2) is 18.2 Å². The fraction of sp³-hybridized carbons (Fsp3) is 0.286. The first-order chi connectivity index (χ1) is 9.56. The number of aromatic nitrogens is 2. The fourth-order valence-corrected chi connectivity index (χ4v) is 2.42. The van der Waals surface area contributed by atoms with Crippen LogP contribution in [0.4, 0.5) is 5.69 Å². The van der Waals surface area contributed by atoms with Crippen molar-refractivity contribution in [3.63, 3.8) is 0 Å². The normalized spacial score (nSPS) is 13.3. The molecule has 6 heteroatoms. The Hall–Kier alpha value is -2.34. The molecule has 0 radical (unpaired) electrons. The van der Waals surface area contributed by atoms with Gasteiger partial charge in [0.05, 0.1) is 10.6 Å². The first-order valence-electron chi connectivity index (χ1n) is 6.39. The van der Waals surface area contributed by atoms with E-state index in [0.29, 0.717) is 5.82 Å². The van der Waals surface area contributed by atoms with E-state index in [1.807, 2.05) is 13.8 Å². The van der Waals surface area contributed by atoms with E-state index in [2.05, 4.69) is 15.3 Å². The second-order valence-electron chi connectivity index (χ2n) is 4.92. The van der Waals surface area contributed by atoms with E-state index >= 15 is 0 Å². The van der Waals surface area contributed by atoms with Gasteiger partial charge in [-0.3, -0.25) is 10.1 Å². The summed E-state index contributed by atoms with van der Waals surface area (Å²) < 4.78 is 0. The van der Waals surface area contributed by atoms with E-state index in [1.54, 1.807) is 12.1 Å². The van der Waals surface area contributed by atoms with E-state index in [-0.39, 0.29) is 5.69 Å². The minimum atomic E-state index is -0.398. The molecule has 2 aromatic rings. The lowest BCUT2D eigenvalue weighted by molar-refractivity contribution is -0.384. The fourth-order valence-electron chi connectivity index (χ4n) is 2.42. The number of nitrogens with zero attached hydrogens (tertiary/aromatic N) is 3. The zero-order valence-corrected chi connectivity index (χ0v) is 11.3. The van der Waals surface area contributed by atoms with Crippen LogP contribution in [0.25, 0.3) is 11.4 Å². The highest BCUT2D eigenvalue weighted by Crippen LogP contribution is 2.27. The minimum absolute atomic E-state index is 0.0606. The molecule has 0 saturated carbocycles. The lowest BCUT2D eigenvalue weighted by Gasteiger charge is -2.08. The molecule has 0 atom stereocenters. The number of aryl methyl sites for hydroxylation is 2. The van der Waals surface area contributed by atoms with Gasteiger partial charge in [0.1, 0.15) is 0 Å². The molecule has 0 aliphatic carbocycles. The third kappa shape index (κ3) is 2.04. The summed E-state index contributed by atoms with van der Waals surface area (Å²) in [6.45, 7) is 5.36. The minimum Gasteiger partial charge on any atom is -0.307 e. The van der Waals surface area contributed by atoms with E-state index in [4.69, 9.17) is 0 Å². The standard InChI is InChI=1S/C14H14N4O2/c1-8-3-4-10(18(19)20)5-11(8)14-16-9(2)12-6-15-7-13(12)17-14/h3-5,15H,6-7H2,1-2H3. The van der Waals surface area contributed by atoms with E-state index < -0.39 is 4.92 Å². The van der Waals surface area contributed by atoms with Crippen molar-refractivity contribution in [1.82, 2.24) is 15.3 Å². The molecule has 20 heavy (non-hydrogen) atoms. The number of nitro groups is 1. The molecule has 0 amide bonds. The van der Waals surface area contributed by atoms with E-state index in [1.165, 1.54) is 6.07 Å². The van der Waals surface area contributed by atoms with Gasteiger partial charge in [0.25, 0.3) is 5.69 Å². The summed E-state index contributed by atoms with van der Waals surface area (Å²) >= 11 is 0. The third-order valence-electron chi connectivity index (χ3n) is 3.57. The smallest absolute Gasteiger partial charge is 0.270 e. The van der Waals surface area contributed by atoms with Gasteiger partial charge in [0.15, 0.2) is 5.82 Å². The Morgan fingerprint density at radius 3 is 2.80 bits per heavy atom. The van der Waals surface area contributed by atoms with Gasteiger partial charge in [-0.15, -0.1) is 0 Å². The van der Waals surface area contributed by atoms with Crippen LogP contribution in [0.5, 0.6) is 0 Å². The molecule has 1 aliphatic rings. The van der Waals surface area contributed by atoms with E-state index in [0.717, 1.165) is 41.2 Å². The van der Waals surface area contributed by atoms with Crippen molar-refractivity contribution in [3.8, 4) is 11.4 Å². The average molecular weight is 270 g/mol. The number of fused-ring (bicyclic) bond motifs is 1. The molecule has 0 bridgehead atoms. The Balaban J connectivity index is 2.16. The van der Waals surface area contributed by atoms with Gasteiger partial charge in [-0.05, 0) is 19.4 Å². The van der Waals surface area contributed by atoms with Crippen molar-refractivity contribution < 1.29 is 4.92 Å². The summed E-state index contributed by atoms with van der Waals surface area (Å²) in [5.74, 6) is 0.561. The zero-order chi connectivity index (χ0) is 14.3. The number of rotatable bonds is 2. The zero-order valence-electron chi connectivity index (χ0n) is 11.3. The van der Waals surface area contributed by atoms with Crippen molar-refractivity contribution in [2.45, 2.75) is 26.9 Å². The number of nitro benzene ring substituents is 1. The van der Waals surface area contributed by atoms with Gasteiger partial charge in [0, 0.05) is 42.0 Å². The van der Waals surface area contributed by atoms with Crippen LogP contribution in [-0.4, -0.2) is 14.9 Å². The maximum absolute atomic E-state index is 10.9. The summed E-state index contributed by atoms with van der Waals surface area (Å²) in [6.07, 6.45) is 0. The highest BCUT2D eigenvalue weighted by Gasteiger charge is 2.19. The van der Waals surface area contributed by atoms with Crippen molar-refractivity contribution in [2.24, 2.45) is 0 Å². The van der Waals surface area contributed by atoms with Gasteiger partial charge in [-0.2, -0.15) is 0 Å². The predicted octanol–water partition coefficient (Wildman–Crippen LogP) is 2.27.